The van der Waals surface area contributed by atoms with E-state index in [1.807, 2.05) is 6.07 Å². The Morgan fingerprint density at radius 2 is 2.10 bits per heavy atom. The summed E-state index contributed by atoms with van der Waals surface area (Å²) in [5.41, 5.74) is 3.93. The summed E-state index contributed by atoms with van der Waals surface area (Å²) in [5.74, 6) is 5.90. The van der Waals surface area contributed by atoms with E-state index in [9.17, 15) is 10.1 Å². The van der Waals surface area contributed by atoms with E-state index in [2.05, 4.69) is 36.2 Å². The Morgan fingerprint density at radius 1 is 1.40 bits per heavy atom. The summed E-state index contributed by atoms with van der Waals surface area (Å²) >= 11 is 0. The molecule has 0 spiro atoms. The Hall–Kier alpha value is -1.86. The largest absolute Gasteiger partial charge is 0.369 e. The van der Waals surface area contributed by atoms with Gasteiger partial charge in [-0.15, -0.1) is 0 Å². The number of nitrogens with zero attached hydrogens (tertiary/aromatic N) is 3. The molecule has 1 saturated heterocycles. The molecular weight excluding hydrogens is 258 g/mol. The normalized spacial score (nSPS) is 22.4. The number of non-ortho nitro benzene ring substituents is 1. The molecular formula is C13H21N5O2. The summed E-state index contributed by atoms with van der Waals surface area (Å²) in [6, 6.07) is 5.33. The van der Waals surface area contributed by atoms with Crippen molar-refractivity contribution in [3.63, 3.8) is 0 Å². The maximum atomic E-state index is 11.0. The molecule has 7 nitrogen and oxygen atoms in total. The van der Waals surface area contributed by atoms with E-state index in [1.54, 1.807) is 6.07 Å². The fourth-order valence-corrected chi connectivity index (χ4v) is 2.80. The van der Waals surface area contributed by atoms with Crippen LogP contribution in [0.5, 0.6) is 0 Å². The maximum absolute atomic E-state index is 11.0. The molecule has 1 aromatic rings. The van der Waals surface area contributed by atoms with Gasteiger partial charge in [0.25, 0.3) is 5.69 Å². The van der Waals surface area contributed by atoms with Gasteiger partial charge in [0.15, 0.2) is 0 Å². The van der Waals surface area contributed by atoms with Crippen LogP contribution in [0.2, 0.25) is 0 Å². The number of benzene rings is 1. The van der Waals surface area contributed by atoms with E-state index in [4.69, 9.17) is 5.84 Å². The average molecular weight is 279 g/mol. The van der Waals surface area contributed by atoms with Crippen molar-refractivity contribution in [1.82, 2.24) is 4.90 Å². The van der Waals surface area contributed by atoms with Gasteiger partial charge in [0.05, 0.1) is 10.6 Å². The molecule has 0 radical (unpaired) electrons. The highest BCUT2D eigenvalue weighted by atomic mass is 16.6. The smallest absolute Gasteiger partial charge is 0.273 e. The summed E-state index contributed by atoms with van der Waals surface area (Å²) < 4.78 is 0. The Morgan fingerprint density at radius 3 is 2.60 bits per heavy atom. The molecule has 20 heavy (non-hydrogen) atoms. The van der Waals surface area contributed by atoms with E-state index in [1.165, 1.54) is 6.07 Å². The highest BCUT2D eigenvalue weighted by Gasteiger charge is 2.31. The Balaban J connectivity index is 2.29. The van der Waals surface area contributed by atoms with Crippen LogP contribution in [0.4, 0.5) is 17.1 Å². The molecule has 0 bridgehead atoms. The molecule has 0 amide bonds. The second kappa shape index (κ2) is 5.64. The zero-order valence-corrected chi connectivity index (χ0v) is 12.0. The molecule has 1 aliphatic rings. The highest BCUT2D eigenvalue weighted by Crippen LogP contribution is 2.31. The first-order valence-electron chi connectivity index (χ1n) is 6.60. The lowest BCUT2D eigenvalue weighted by molar-refractivity contribution is -0.384. The molecule has 1 fully saturated rings. The molecule has 110 valence electrons. The van der Waals surface area contributed by atoms with Crippen molar-refractivity contribution in [3.8, 4) is 0 Å². The van der Waals surface area contributed by atoms with Gasteiger partial charge in [0.1, 0.15) is 0 Å². The van der Waals surface area contributed by atoms with Crippen LogP contribution in [0.15, 0.2) is 18.2 Å². The summed E-state index contributed by atoms with van der Waals surface area (Å²) in [4.78, 5) is 15.0. The van der Waals surface area contributed by atoms with Gasteiger partial charge in [0, 0.05) is 37.0 Å². The van der Waals surface area contributed by atoms with E-state index in [-0.39, 0.29) is 5.69 Å². The molecule has 2 unspecified atom stereocenters. The van der Waals surface area contributed by atoms with Crippen molar-refractivity contribution in [2.24, 2.45) is 11.8 Å². The number of likely N-dealkylation sites (N-methyl/N-ethyl adjacent to an activating group) is 1. The average Bonchev–Trinajstić information content (AvgIpc) is 2.80. The monoisotopic (exact) mass is 279 g/mol. The molecule has 0 aromatic heterocycles. The zero-order valence-electron chi connectivity index (χ0n) is 12.0. The zero-order chi connectivity index (χ0) is 14.9. The van der Waals surface area contributed by atoms with Crippen LogP contribution in [0.1, 0.15) is 6.92 Å². The number of nitrogens with one attached hydrogen (secondary N) is 1. The van der Waals surface area contributed by atoms with Crippen molar-refractivity contribution < 1.29 is 4.92 Å². The first-order valence-corrected chi connectivity index (χ1v) is 6.60. The van der Waals surface area contributed by atoms with Crippen molar-refractivity contribution >= 4 is 17.1 Å². The minimum Gasteiger partial charge on any atom is -0.369 e. The summed E-state index contributed by atoms with van der Waals surface area (Å²) in [6.07, 6.45) is 0. The van der Waals surface area contributed by atoms with Crippen LogP contribution in [-0.2, 0) is 0 Å². The van der Waals surface area contributed by atoms with E-state index >= 15 is 0 Å². The molecule has 3 N–H and O–H groups in total. The third-order valence-corrected chi connectivity index (χ3v) is 3.88. The SMILES string of the molecule is CC1CN(c2cc(NN)cc([N+](=O)[O-])c2)CC1N(C)C. The predicted octanol–water partition coefficient (Wildman–Crippen LogP) is 1.27. The number of anilines is 2. The summed E-state index contributed by atoms with van der Waals surface area (Å²) in [6.45, 7) is 3.94. The fourth-order valence-electron chi connectivity index (χ4n) is 2.80. The van der Waals surface area contributed by atoms with E-state index < -0.39 is 4.92 Å². The second-order valence-electron chi connectivity index (χ2n) is 5.55. The minimum absolute atomic E-state index is 0.0522. The van der Waals surface area contributed by atoms with Crippen LogP contribution < -0.4 is 16.2 Å². The first-order chi connectivity index (χ1) is 9.42. The highest BCUT2D eigenvalue weighted by molar-refractivity contribution is 5.64. The molecule has 7 heteroatoms. The summed E-state index contributed by atoms with van der Waals surface area (Å²) in [7, 11) is 4.12. The number of rotatable bonds is 4. The van der Waals surface area contributed by atoms with Crippen LogP contribution >= 0.6 is 0 Å². The number of nitro benzene ring substituents is 1. The van der Waals surface area contributed by atoms with Crippen molar-refractivity contribution in [2.75, 3.05) is 37.5 Å². The van der Waals surface area contributed by atoms with E-state index in [0.29, 0.717) is 17.6 Å². The van der Waals surface area contributed by atoms with Crippen molar-refractivity contribution in [1.29, 1.82) is 0 Å². The van der Waals surface area contributed by atoms with Crippen LogP contribution in [-0.4, -0.2) is 43.0 Å². The number of nitrogens with two attached hydrogens (primary N) is 1. The third-order valence-electron chi connectivity index (χ3n) is 3.88. The predicted molar refractivity (Wildman–Crippen MR) is 79.8 cm³/mol. The topological polar surface area (TPSA) is 87.7 Å². The van der Waals surface area contributed by atoms with Gasteiger partial charge in [-0.1, -0.05) is 6.92 Å². The molecule has 0 saturated carbocycles. The number of hydrazine groups is 1. The Kier molecular flexibility index (Phi) is 4.10. The van der Waals surface area contributed by atoms with Crippen molar-refractivity contribution in [2.45, 2.75) is 13.0 Å². The fraction of sp³-hybridized carbons (Fsp3) is 0.538. The van der Waals surface area contributed by atoms with Gasteiger partial charge < -0.3 is 15.2 Å². The second-order valence-corrected chi connectivity index (χ2v) is 5.55. The molecule has 0 aliphatic carbocycles. The number of nitro groups is 1. The first kappa shape index (κ1) is 14.5. The molecule has 2 rings (SSSR count). The standard InChI is InChI=1S/C13H21N5O2/c1-9-7-17(8-13(9)16(2)3)11-4-10(15-14)5-12(6-11)18(19)20/h4-6,9,13,15H,7-8,14H2,1-3H3. The Labute approximate surface area is 118 Å². The van der Waals surface area contributed by atoms with Crippen LogP contribution in [0, 0.1) is 16.0 Å². The number of nitrogen functional groups attached to an aromatic ring is 1. The summed E-state index contributed by atoms with van der Waals surface area (Å²) in [5, 5.41) is 11.0. The van der Waals surface area contributed by atoms with Gasteiger partial charge in [-0.3, -0.25) is 16.0 Å². The Bertz CT molecular complexity index is 506. The lowest BCUT2D eigenvalue weighted by Gasteiger charge is -2.23. The number of hydrogen-bond acceptors (Lipinski definition) is 6. The lowest BCUT2D eigenvalue weighted by atomic mass is 10.1. The van der Waals surface area contributed by atoms with Gasteiger partial charge in [-0.2, -0.15) is 0 Å². The van der Waals surface area contributed by atoms with Gasteiger partial charge in [-0.25, -0.2) is 0 Å². The minimum atomic E-state index is -0.396. The van der Waals surface area contributed by atoms with Gasteiger partial charge in [-0.05, 0) is 26.1 Å². The third kappa shape index (κ3) is 2.83. The lowest BCUT2D eigenvalue weighted by Crippen LogP contribution is -2.34. The molecule has 1 heterocycles. The molecule has 1 aliphatic heterocycles. The maximum Gasteiger partial charge on any atom is 0.273 e. The quantitative estimate of drug-likeness (QED) is 0.490. The van der Waals surface area contributed by atoms with E-state index in [0.717, 1.165) is 18.8 Å². The molecule has 2 atom stereocenters. The van der Waals surface area contributed by atoms with Crippen LogP contribution in [0.3, 0.4) is 0 Å². The molecule has 1 aromatic carbocycles. The van der Waals surface area contributed by atoms with Crippen molar-refractivity contribution in [3.05, 3.63) is 28.3 Å². The van der Waals surface area contributed by atoms with Gasteiger partial charge in [0.2, 0.25) is 0 Å². The van der Waals surface area contributed by atoms with Gasteiger partial charge >= 0.3 is 0 Å². The van der Waals surface area contributed by atoms with Crippen LogP contribution in [0.25, 0.3) is 0 Å². The number of hydrogen-bond donors (Lipinski definition) is 2.